The van der Waals surface area contributed by atoms with Gasteiger partial charge in [-0.25, -0.2) is 8.42 Å². The molecule has 47 heavy (non-hydrogen) atoms. The lowest BCUT2D eigenvalue weighted by molar-refractivity contribution is -0.140. The zero-order chi connectivity index (χ0) is 33.6. The summed E-state index contributed by atoms with van der Waals surface area (Å²) >= 11 is 16.5. The summed E-state index contributed by atoms with van der Waals surface area (Å²) in [7, 11) is -4.31. The molecule has 4 aromatic rings. The van der Waals surface area contributed by atoms with Crippen LogP contribution in [0.3, 0.4) is 0 Å². The second-order valence-corrected chi connectivity index (χ2v) is 15.3. The van der Waals surface area contributed by atoms with Crippen LogP contribution in [0.2, 0.25) is 10.0 Å². The normalized spacial score (nSPS) is 14.0. The predicted molar refractivity (Wildman–Crippen MR) is 191 cm³/mol. The second-order valence-electron chi connectivity index (χ2n) is 11.7. The molecule has 1 saturated carbocycles. The van der Waals surface area contributed by atoms with Crippen LogP contribution in [0, 0.1) is 6.92 Å². The number of aryl methyl sites for hydroxylation is 1. The van der Waals surface area contributed by atoms with Crippen LogP contribution in [0.5, 0.6) is 0 Å². The fourth-order valence-corrected chi connectivity index (χ4v) is 8.11. The molecule has 1 atom stereocenters. The Labute approximate surface area is 295 Å². The zero-order valence-corrected chi connectivity index (χ0v) is 29.8. The number of amides is 2. The first-order valence-electron chi connectivity index (χ1n) is 15.4. The number of carbonyl (C=O) groups excluding carboxylic acids is 2. The number of rotatable bonds is 12. The summed E-state index contributed by atoms with van der Waals surface area (Å²) in [5.41, 5.74) is 2.58. The summed E-state index contributed by atoms with van der Waals surface area (Å²) in [6, 6.07) is 27.1. The van der Waals surface area contributed by atoms with Gasteiger partial charge in [0.15, 0.2) is 0 Å². The summed E-state index contributed by atoms with van der Waals surface area (Å²) in [5.74, 6) is -0.850. The van der Waals surface area contributed by atoms with Crippen LogP contribution in [0.4, 0.5) is 5.69 Å². The Bertz CT molecular complexity index is 1820. The minimum Gasteiger partial charge on any atom is -0.352 e. The van der Waals surface area contributed by atoms with Crippen molar-refractivity contribution in [2.24, 2.45) is 0 Å². The monoisotopic (exact) mass is 755 g/mol. The van der Waals surface area contributed by atoms with Crippen molar-refractivity contribution in [2.75, 3.05) is 10.8 Å². The Balaban J connectivity index is 1.59. The first-order valence-corrected chi connectivity index (χ1v) is 18.4. The molecule has 0 bridgehead atoms. The lowest BCUT2D eigenvalue weighted by Gasteiger charge is -2.34. The number of carbonyl (C=O) groups is 2. The molecule has 7 nitrogen and oxygen atoms in total. The Kier molecular flexibility index (Phi) is 11.7. The predicted octanol–water partition coefficient (Wildman–Crippen LogP) is 7.96. The van der Waals surface area contributed by atoms with Gasteiger partial charge in [0, 0.05) is 23.5 Å². The number of benzene rings is 4. The highest BCUT2D eigenvalue weighted by atomic mass is 79.9. The minimum absolute atomic E-state index is 0.00370. The number of hydrogen-bond donors (Lipinski definition) is 1. The van der Waals surface area contributed by atoms with Crippen LogP contribution in [0.25, 0.3) is 0 Å². The van der Waals surface area contributed by atoms with Crippen molar-refractivity contribution < 1.29 is 18.0 Å². The Hall–Kier alpha value is -3.37. The van der Waals surface area contributed by atoms with Crippen molar-refractivity contribution in [3.63, 3.8) is 0 Å². The standard InChI is InChI=1S/C36H36BrCl2N3O4S/c1-25-17-19-30(20-18-25)47(45,46)42(32-16-8-15-31(38)35(32)39)24-34(43)41(23-27-11-7-12-28(37)21-27)33(22-26-9-3-2-4-10-26)36(44)40-29-13-5-6-14-29/h2-4,7-12,15-21,29,33H,5-6,13-14,22-24H2,1H3,(H,40,44)/t33-/m1/s1. The molecule has 11 heteroatoms. The van der Waals surface area contributed by atoms with E-state index in [2.05, 4.69) is 21.2 Å². The highest BCUT2D eigenvalue weighted by Crippen LogP contribution is 2.36. The SMILES string of the molecule is Cc1ccc(S(=O)(=O)N(CC(=O)N(Cc2cccc(Br)c2)[C@H](Cc2ccccc2)C(=O)NC2CCCC2)c2cccc(Cl)c2Cl)cc1. The highest BCUT2D eigenvalue weighted by molar-refractivity contribution is 9.10. The molecule has 2 amide bonds. The van der Waals surface area contributed by atoms with Gasteiger partial charge in [-0.15, -0.1) is 0 Å². The van der Waals surface area contributed by atoms with E-state index in [1.54, 1.807) is 24.3 Å². The van der Waals surface area contributed by atoms with E-state index < -0.39 is 28.5 Å². The van der Waals surface area contributed by atoms with Gasteiger partial charge >= 0.3 is 0 Å². The molecule has 5 rings (SSSR count). The number of nitrogens with one attached hydrogen (secondary N) is 1. The van der Waals surface area contributed by atoms with E-state index in [4.69, 9.17) is 23.2 Å². The molecule has 4 aromatic carbocycles. The van der Waals surface area contributed by atoms with Gasteiger partial charge in [0.05, 0.1) is 20.6 Å². The van der Waals surface area contributed by atoms with Crippen molar-refractivity contribution in [1.29, 1.82) is 0 Å². The molecule has 0 aromatic heterocycles. The molecule has 246 valence electrons. The number of nitrogens with zero attached hydrogens (tertiary/aromatic N) is 2. The van der Waals surface area contributed by atoms with Gasteiger partial charge in [-0.3, -0.25) is 13.9 Å². The molecule has 0 heterocycles. The highest BCUT2D eigenvalue weighted by Gasteiger charge is 2.36. The number of halogens is 3. The molecule has 0 saturated heterocycles. The van der Waals surface area contributed by atoms with Crippen molar-refractivity contribution in [2.45, 2.75) is 62.6 Å². The molecular formula is C36H36BrCl2N3O4S. The van der Waals surface area contributed by atoms with Crippen LogP contribution in [0.1, 0.15) is 42.4 Å². The molecule has 0 spiro atoms. The first kappa shape index (κ1) is 35.0. The molecule has 1 fully saturated rings. The van der Waals surface area contributed by atoms with Gasteiger partial charge in [0.2, 0.25) is 11.8 Å². The number of hydrogen-bond acceptors (Lipinski definition) is 4. The minimum atomic E-state index is -4.31. The maximum absolute atomic E-state index is 14.7. The summed E-state index contributed by atoms with van der Waals surface area (Å²) in [6.07, 6.45) is 4.04. The van der Waals surface area contributed by atoms with E-state index in [9.17, 15) is 18.0 Å². The van der Waals surface area contributed by atoms with E-state index >= 15 is 0 Å². The summed E-state index contributed by atoms with van der Waals surface area (Å²) < 4.78 is 30.3. The summed E-state index contributed by atoms with van der Waals surface area (Å²) in [4.78, 5) is 30.3. The number of sulfonamides is 1. The van der Waals surface area contributed by atoms with E-state index in [0.717, 1.165) is 51.2 Å². The Morgan fingerprint density at radius 1 is 0.894 bits per heavy atom. The Morgan fingerprint density at radius 3 is 2.23 bits per heavy atom. The third-order valence-electron chi connectivity index (χ3n) is 8.30. The quantitative estimate of drug-likeness (QED) is 0.159. The zero-order valence-electron chi connectivity index (χ0n) is 25.9. The molecular weight excluding hydrogens is 721 g/mol. The molecule has 1 aliphatic carbocycles. The fourth-order valence-electron chi connectivity index (χ4n) is 5.79. The molecule has 1 aliphatic rings. The Morgan fingerprint density at radius 2 is 1.55 bits per heavy atom. The van der Waals surface area contributed by atoms with Gasteiger partial charge in [-0.1, -0.05) is 118 Å². The molecule has 0 aliphatic heterocycles. The van der Waals surface area contributed by atoms with E-state index in [1.807, 2.05) is 61.5 Å². The average Bonchev–Trinajstić information content (AvgIpc) is 3.56. The van der Waals surface area contributed by atoms with Gasteiger partial charge in [0.25, 0.3) is 10.0 Å². The lowest BCUT2D eigenvalue weighted by Crippen LogP contribution is -2.54. The van der Waals surface area contributed by atoms with Crippen LogP contribution in [0.15, 0.2) is 106 Å². The third kappa shape index (κ3) is 8.76. The van der Waals surface area contributed by atoms with Crippen LogP contribution in [-0.2, 0) is 32.6 Å². The second kappa shape index (κ2) is 15.7. The third-order valence-corrected chi connectivity index (χ3v) is 11.4. The lowest BCUT2D eigenvalue weighted by atomic mass is 10.0. The fraction of sp³-hybridized carbons (Fsp3) is 0.278. The first-order chi connectivity index (χ1) is 22.5. The van der Waals surface area contributed by atoms with Crippen LogP contribution < -0.4 is 9.62 Å². The molecule has 1 N–H and O–H groups in total. The van der Waals surface area contributed by atoms with Crippen molar-refractivity contribution in [1.82, 2.24) is 10.2 Å². The molecule has 0 radical (unpaired) electrons. The van der Waals surface area contributed by atoms with E-state index in [-0.39, 0.29) is 45.5 Å². The maximum atomic E-state index is 14.7. The average molecular weight is 758 g/mol. The van der Waals surface area contributed by atoms with Crippen molar-refractivity contribution >= 4 is 66.7 Å². The van der Waals surface area contributed by atoms with Crippen molar-refractivity contribution in [3.8, 4) is 0 Å². The summed E-state index contributed by atoms with van der Waals surface area (Å²) in [6.45, 7) is 1.30. The topological polar surface area (TPSA) is 86.8 Å². The van der Waals surface area contributed by atoms with Crippen LogP contribution in [-0.4, -0.2) is 43.8 Å². The number of anilines is 1. The van der Waals surface area contributed by atoms with Crippen LogP contribution >= 0.6 is 39.1 Å². The van der Waals surface area contributed by atoms with Gasteiger partial charge in [-0.2, -0.15) is 0 Å². The smallest absolute Gasteiger partial charge is 0.264 e. The molecule has 0 unspecified atom stereocenters. The van der Waals surface area contributed by atoms with Crippen molar-refractivity contribution in [3.05, 3.63) is 128 Å². The maximum Gasteiger partial charge on any atom is 0.264 e. The summed E-state index contributed by atoms with van der Waals surface area (Å²) in [5, 5.41) is 3.32. The van der Waals surface area contributed by atoms with Gasteiger partial charge in [-0.05, 0) is 67.3 Å². The largest absolute Gasteiger partial charge is 0.352 e. The van der Waals surface area contributed by atoms with Gasteiger partial charge in [0.1, 0.15) is 12.6 Å². The van der Waals surface area contributed by atoms with Gasteiger partial charge < -0.3 is 10.2 Å². The van der Waals surface area contributed by atoms with E-state index in [1.165, 1.54) is 23.1 Å². The van der Waals surface area contributed by atoms with E-state index in [0.29, 0.717) is 0 Å².